The lowest BCUT2D eigenvalue weighted by molar-refractivity contribution is 1.07. The molecule has 6 nitrogen and oxygen atoms in total. The Balaban J connectivity index is 1.22. The predicted molar refractivity (Wildman–Crippen MR) is 275 cm³/mol. The van der Waals surface area contributed by atoms with Crippen LogP contribution in [0.2, 0.25) is 0 Å². The van der Waals surface area contributed by atoms with Gasteiger partial charge in [-0.25, -0.2) is 19.9 Å². The van der Waals surface area contributed by atoms with E-state index < -0.39 is 0 Å². The third-order valence-electron chi connectivity index (χ3n) is 12.1. The van der Waals surface area contributed by atoms with E-state index in [4.69, 9.17) is 19.9 Å². The highest BCUT2D eigenvalue weighted by atomic mass is 15.3. The third kappa shape index (κ3) is 8.33. The van der Waals surface area contributed by atoms with Crippen LogP contribution in [-0.4, -0.2) is 19.9 Å². The molecule has 0 aliphatic heterocycles. The molecule has 0 saturated carbocycles. The van der Waals surface area contributed by atoms with E-state index in [1.54, 1.807) is 0 Å². The van der Waals surface area contributed by atoms with Crippen LogP contribution >= 0.6 is 0 Å². The monoisotopic (exact) mass is 854 g/mol. The van der Waals surface area contributed by atoms with Crippen molar-refractivity contribution in [3.8, 4) is 45.3 Å². The number of anilines is 6. The van der Waals surface area contributed by atoms with E-state index in [1.165, 1.54) is 50.1 Å². The summed E-state index contributed by atoms with van der Waals surface area (Å²) in [7, 11) is 0. The molecule has 0 amide bonds. The molecule has 0 unspecified atom stereocenters. The van der Waals surface area contributed by atoms with Gasteiger partial charge in [0.2, 0.25) is 0 Å². The molecule has 0 saturated heterocycles. The maximum atomic E-state index is 5.41. The summed E-state index contributed by atoms with van der Waals surface area (Å²) in [5.74, 6) is 2.57. The number of hydrogen-bond acceptors (Lipinski definition) is 6. The first-order valence-electron chi connectivity index (χ1n) is 22.5. The minimum absolute atomic E-state index is 0.611. The number of aryl methyl sites for hydroxylation is 6. The average molecular weight is 855 g/mol. The van der Waals surface area contributed by atoms with Gasteiger partial charge in [-0.05, 0) is 105 Å². The highest BCUT2D eigenvalue weighted by Gasteiger charge is 2.25. The largest absolute Gasteiger partial charge is 0.309 e. The highest BCUT2D eigenvalue weighted by molar-refractivity contribution is 5.89. The van der Waals surface area contributed by atoms with E-state index in [-0.39, 0.29) is 0 Å². The molecule has 320 valence electrons. The lowest BCUT2D eigenvalue weighted by Gasteiger charge is -2.32. The van der Waals surface area contributed by atoms with Crippen LogP contribution in [0, 0.1) is 41.5 Å². The van der Waals surface area contributed by atoms with Crippen molar-refractivity contribution in [1.82, 2.24) is 19.9 Å². The number of benzene rings is 8. The molecule has 0 spiro atoms. The van der Waals surface area contributed by atoms with E-state index in [2.05, 4.69) is 191 Å². The van der Waals surface area contributed by atoms with Crippen molar-refractivity contribution in [3.05, 3.63) is 228 Å². The van der Waals surface area contributed by atoms with Crippen LogP contribution in [0.1, 0.15) is 33.4 Å². The summed E-state index contributed by atoms with van der Waals surface area (Å²) in [6, 6.07) is 67.7. The maximum Gasteiger partial charge on any atom is 0.162 e. The normalized spacial score (nSPS) is 11.2. The summed E-state index contributed by atoms with van der Waals surface area (Å²) in [4.78, 5) is 25.8. The molecular formula is C60H50N6. The molecule has 0 atom stereocenters. The van der Waals surface area contributed by atoms with Crippen molar-refractivity contribution in [2.45, 2.75) is 41.5 Å². The number of fused-ring (bicyclic) bond motifs is 1. The Morgan fingerprint density at radius 2 is 0.697 bits per heavy atom. The van der Waals surface area contributed by atoms with Gasteiger partial charge in [-0.3, -0.25) is 4.90 Å². The molecule has 0 radical (unpaired) electrons. The summed E-state index contributed by atoms with van der Waals surface area (Å²) in [6.45, 7) is 13.2. The predicted octanol–water partition coefficient (Wildman–Crippen LogP) is 15.9. The van der Waals surface area contributed by atoms with Gasteiger partial charge in [0, 0.05) is 45.8 Å². The van der Waals surface area contributed by atoms with Crippen molar-refractivity contribution >= 4 is 45.2 Å². The standard InChI is InChI=1S/C60H50N6/c1-39-32-41(3)57(42(4)33-39)66(58-43(5)34-40(2)35-44(58)6)52-30-28-51(29-31-52)65(55-37-53(46-19-10-7-11-20-46)61-59(63-55)47-21-12-8-13-22-47)56-38-54(62-60(64-56)48-23-14-9-15-24-48)50-27-26-45-18-16-17-25-49(45)36-50/h7-38H,1-6H3. The summed E-state index contributed by atoms with van der Waals surface area (Å²) < 4.78 is 0. The van der Waals surface area contributed by atoms with Gasteiger partial charge in [-0.15, -0.1) is 0 Å². The molecule has 6 heteroatoms. The average Bonchev–Trinajstić information content (AvgIpc) is 3.34. The molecule has 0 bridgehead atoms. The van der Waals surface area contributed by atoms with E-state index in [9.17, 15) is 0 Å². The van der Waals surface area contributed by atoms with Crippen molar-refractivity contribution in [2.24, 2.45) is 0 Å². The van der Waals surface area contributed by atoms with Crippen LogP contribution in [0.25, 0.3) is 56.1 Å². The smallest absolute Gasteiger partial charge is 0.162 e. The summed E-state index contributed by atoms with van der Waals surface area (Å²) >= 11 is 0. The van der Waals surface area contributed by atoms with Gasteiger partial charge in [-0.1, -0.05) is 163 Å². The zero-order valence-electron chi connectivity index (χ0n) is 38.2. The quantitative estimate of drug-likeness (QED) is 0.137. The van der Waals surface area contributed by atoms with E-state index in [0.717, 1.165) is 50.4 Å². The minimum Gasteiger partial charge on any atom is -0.309 e. The molecule has 8 aromatic carbocycles. The Morgan fingerprint density at radius 3 is 1.17 bits per heavy atom. The van der Waals surface area contributed by atoms with Crippen molar-refractivity contribution in [3.63, 3.8) is 0 Å². The molecule has 0 aliphatic carbocycles. The highest BCUT2D eigenvalue weighted by Crippen LogP contribution is 2.45. The summed E-state index contributed by atoms with van der Waals surface area (Å²) in [5.41, 5.74) is 17.1. The molecule has 10 rings (SSSR count). The van der Waals surface area contributed by atoms with Gasteiger partial charge in [0.1, 0.15) is 11.6 Å². The van der Waals surface area contributed by atoms with Crippen LogP contribution in [0.15, 0.2) is 194 Å². The van der Waals surface area contributed by atoms with Crippen LogP contribution in [0.3, 0.4) is 0 Å². The van der Waals surface area contributed by atoms with Crippen LogP contribution < -0.4 is 9.80 Å². The zero-order chi connectivity index (χ0) is 45.3. The molecule has 0 N–H and O–H groups in total. The van der Waals surface area contributed by atoms with Gasteiger partial charge in [0.25, 0.3) is 0 Å². The maximum absolute atomic E-state index is 5.41. The first kappa shape index (κ1) is 41.8. The van der Waals surface area contributed by atoms with E-state index in [1.807, 2.05) is 54.6 Å². The second-order valence-electron chi connectivity index (χ2n) is 17.2. The van der Waals surface area contributed by atoms with Crippen LogP contribution in [0.5, 0.6) is 0 Å². The van der Waals surface area contributed by atoms with E-state index in [0.29, 0.717) is 23.3 Å². The lowest BCUT2D eigenvalue weighted by Crippen LogP contribution is -2.17. The third-order valence-corrected chi connectivity index (χ3v) is 12.1. The Kier molecular flexibility index (Phi) is 11.2. The second kappa shape index (κ2) is 17.7. The fourth-order valence-corrected chi connectivity index (χ4v) is 9.34. The van der Waals surface area contributed by atoms with Crippen molar-refractivity contribution in [1.29, 1.82) is 0 Å². The topological polar surface area (TPSA) is 58.0 Å². The zero-order valence-corrected chi connectivity index (χ0v) is 38.2. The fraction of sp³-hybridized carbons (Fsp3) is 0.100. The number of hydrogen-bond donors (Lipinski definition) is 0. The second-order valence-corrected chi connectivity index (χ2v) is 17.2. The first-order valence-corrected chi connectivity index (χ1v) is 22.5. The molecule has 0 aliphatic rings. The summed E-state index contributed by atoms with van der Waals surface area (Å²) in [6.07, 6.45) is 0. The Hall–Kier alpha value is -8.22. The fourth-order valence-electron chi connectivity index (χ4n) is 9.34. The molecule has 0 fully saturated rings. The minimum atomic E-state index is 0.611. The molecule has 10 aromatic rings. The number of nitrogens with zero attached hydrogens (tertiary/aromatic N) is 6. The Morgan fingerprint density at radius 1 is 0.303 bits per heavy atom. The lowest BCUT2D eigenvalue weighted by atomic mass is 9.98. The summed E-state index contributed by atoms with van der Waals surface area (Å²) in [5, 5.41) is 2.31. The van der Waals surface area contributed by atoms with Gasteiger partial charge in [0.15, 0.2) is 11.6 Å². The Labute approximate surface area is 387 Å². The molecule has 2 aromatic heterocycles. The molecule has 66 heavy (non-hydrogen) atoms. The van der Waals surface area contributed by atoms with Gasteiger partial charge < -0.3 is 4.90 Å². The molecule has 2 heterocycles. The van der Waals surface area contributed by atoms with Gasteiger partial charge in [-0.2, -0.15) is 0 Å². The van der Waals surface area contributed by atoms with Crippen LogP contribution in [-0.2, 0) is 0 Å². The van der Waals surface area contributed by atoms with Crippen LogP contribution in [0.4, 0.5) is 34.4 Å². The van der Waals surface area contributed by atoms with Crippen molar-refractivity contribution in [2.75, 3.05) is 9.80 Å². The number of rotatable bonds is 10. The van der Waals surface area contributed by atoms with Gasteiger partial charge >= 0.3 is 0 Å². The van der Waals surface area contributed by atoms with E-state index >= 15 is 0 Å². The first-order chi connectivity index (χ1) is 32.2. The van der Waals surface area contributed by atoms with Crippen molar-refractivity contribution < 1.29 is 0 Å². The SMILES string of the molecule is Cc1cc(C)c(N(c2ccc(N(c3cc(-c4ccccc4)nc(-c4ccccc4)n3)c3cc(-c4ccc5ccccc5c4)nc(-c4ccccc4)n3)cc2)c2c(C)cc(C)cc2C)c(C)c1. The van der Waals surface area contributed by atoms with Gasteiger partial charge in [0.05, 0.1) is 22.8 Å². The molecular weight excluding hydrogens is 805 g/mol. The number of aromatic nitrogens is 4. The Bertz CT molecular complexity index is 3210.